The summed E-state index contributed by atoms with van der Waals surface area (Å²) in [5.41, 5.74) is 4.84. The highest BCUT2D eigenvalue weighted by Crippen LogP contribution is 2.27. The topological polar surface area (TPSA) is 151 Å². The number of anilines is 1. The lowest BCUT2D eigenvalue weighted by Gasteiger charge is -2.13. The standard InChI is InChI=1S/C25H26N10O/c1-14(26)21-23(28-4)22(31-13-30-21)17-9-19(33-20(10-17)34-25(36)15(2)27-3)7-6-16-8-18-12-32-35(5)24(18)29-11-16/h8-13,15,26-28H,1-5H3,(H,33,34,36)/p+1. The van der Waals surface area contributed by atoms with Gasteiger partial charge < -0.3 is 21.4 Å². The van der Waals surface area contributed by atoms with Crippen LogP contribution >= 0.6 is 0 Å². The molecule has 0 bridgehead atoms. The van der Waals surface area contributed by atoms with E-state index in [4.69, 9.17) is 5.41 Å². The largest absolute Gasteiger partial charge is 0.312 e. The minimum Gasteiger partial charge on any atom is -0.312 e. The van der Waals surface area contributed by atoms with Crippen molar-refractivity contribution in [1.82, 2.24) is 35.0 Å². The summed E-state index contributed by atoms with van der Waals surface area (Å²) in [4.78, 5) is 30.3. The van der Waals surface area contributed by atoms with Gasteiger partial charge in [0.25, 0.3) is 0 Å². The van der Waals surface area contributed by atoms with Gasteiger partial charge in [-0.3, -0.25) is 9.48 Å². The molecule has 0 aromatic carbocycles. The second-order valence-corrected chi connectivity index (χ2v) is 8.18. The Bertz CT molecular complexity index is 1530. The molecule has 4 rings (SSSR count). The van der Waals surface area contributed by atoms with Gasteiger partial charge in [-0.2, -0.15) is 5.10 Å². The van der Waals surface area contributed by atoms with Crippen LogP contribution in [0.1, 0.15) is 30.8 Å². The molecule has 0 aliphatic rings. The highest BCUT2D eigenvalue weighted by atomic mass is 16.2. The molecule has 0 saturated heterocycles. The van der Waals surface area contributed by atoms with E-state index in [0.29, 0.717) is 39.7 Å². The molecule has 0 fully saturated rings. The second kappa shape index (κ2) is 10.4. The van der Waals surface area contributed by atoms with E-state index >= 15 is 0 Å². The number of hydrogen-bond donors (Lipinski definition) is 4. The first-order valence-corrected chi connectivity index (χ1v) is 11.3. The normalized spacial score (nSPS) is 11.6. The minimum absolute atomic E-state index is 0.228. The van der Waals surface area contributed by atoms with Crippen molar-refractivity contribution < 1.29 is 10.1 Å². The maximum Gasteiger partial charge on any atom is 0.242 e. The summed E-state index contributed by atoms with van der Waals surface area (Å²) < 4.78 is 1.70. The quantitative estimate of drug-likeness (QED) is 0.236. The fourth-order valence-electron chi connectivity index (χ4n) is 3.61. The number of carbonyl (C=O) groups excluding carboxylic acids is 1. The maximum absolute atomic E-state index is 12.5. The van der Waals surface area contributed by atoms with Gasteiger partial charge in [-0.1, -0.05) is 5.92 Å². The number of aromatic nitrogens is 6. The molecule has 4 aromatic heterocycles. The van der Waals surface area contributed by atoms with Gasteiger partial charge in [-0.25, -0.2) is 19.9 Å². The first-order valence-electron chi connectivity index (χ1n) is 11.3. The number of nitrogens with two attached hydrogens (primary N) is 1. The molecule has 36 heavy (non-hydrogen) atoms. The monoisotopic (exact) mass is 483 g/mol. The average molecular weight is 484 g/mol. The summed E-state index contributed by atoms with van der Waals surface area (Å²) in [5.74, 6) is 6.30. The third kappa shape index (κ3) is 5.10. The SMILES string of the molecule is CNC(C)C(=O)Nc1cc(-c2ncnc(C(C)=N)c2[NH2+]C)cc(C#Cc2cnc3c(cnn3C)c2)n1. The number of pyridine rings is 2. The number of aryl methyl sites for hydroxylation is 1. The third-order valence-corrected chi connectivity index (χ3v) is 5.61. The van der Waals surface area contributed by atoms with Crippen LogP contribution in [0.3, 0.4) is 0 Å². The Kier molecular flexibility index (Phi) is 7.10. The average Bonchev–Trinajstić information content (AvgIpc) is 3.25. The van der Waals surface area contributed by atoms with E-state index in [1.54, 1.807) is 50.1 Å². The van der Waals surface area contributed by atoms with Crippen molar-refractivity contribution in [3.63, 3.8) is 0 Å². The molecule has 11 nitrogen and oxygen atoms in total. The van der Waals surface area contributed by atoms with E-state index in [-0.39, 0.29) is 5.91 Å². The van der Waals surface area contributed by atoms with Crippen LogP contribution in [0, 0.1) is 17.3 Å². The molecule has 0 spiro atoms. The van der Waals surface area contributed by atoms with Crippen molar-refractivity contribution in [1.29, 1.82) is 5.41 Å². The number of quaternary nitrogens is 1. The van der Waals surface area contributed by atoms with Crippen LogP contribution < -0.4 is 16.0 Å². The van der Waals surface area contributed by atoms with E-state index in [1.165, 1.54) is 6.33 Å². The van der Waals surface area contributed by atoms with E-state index < -0.39 is 6.04 Å². The van der Waals surface area contributed by atoms with Crippen molar-refractivity contribution in [2.75, 3.05) is 19.4 Å². The number of amides is 1. The van der Waals surface area contributed by atoms with Gasteiger partial charge in [-0.05, 0) is 45.0 Å². The number of nitrogens with one attached hydrogen (secondary N) is 3. The zero-order valence-electron chi connectivity index (χ0n) is 20.7. The van der Waals surface area contributed by atoms with Crippen molar-refractivity contribution >= 4 is 34.2 Å². The number of carbonyl (C=O) groups is 1. The van der Waals surface area contributed by atoms with E-state index in [9.17, 15) is 4.79 Å². The predicted octanol–water partition coefficient (Wildman–Crippen LogP) is 0.979. The van der Waals surface area contributed by atoms with Crippen LogP contribution in [0.15, 0.2) is 36.9 Å². The van der Waals surface area contributed by atoms with E-state index in [0.717, 1.165) is 16.7 Å². The Morgan fingerprint density at radius 3 is 2.69 bits per heavy atom. The molecule has 0 radical (unpaired) electrons. The molecule has 0 aliphatic heterocycles. The molecule has 1 atom stereocenters. The molecule has 182 valence electrons. The molecule has 4 aromatic rings. The van der Waals surface area contributed by atoms with Crippen molar-refractivity contribution in [3.05, 3.63) is 53.9 Å². The smallest absolute Gasteiger partial charge is 0.242 e. The first kappa shape index (κ1) is 24.6. The number of rotatable bonds is 6. The van der Waals surface area contributed by atoms with Gasteiger partial charge in [0.2, 0.25) is 5.91 Å². The lowest BCUT2D eigenvalue weighted by atomic mass is 10.1. The Balaban J connectivity index is 1.81. The molecule has 5 N–H and O–H groups in total. The second-order valence-electron chi connectivity index (χ2n) is 8.18. The molecule has 0 aliphatic carbocycles. The summed E-state index contributed by atoms with van der Waals surface area (Å²) >= 11 is 0. The van der Waals surface area contributed by atoms with E-state index in [2.05, 4.69) is 47.5 Å². The van der Waals surface area contributed by atoms with Gasteiger partial charge in [0.05, 0.1) is 25.0 Å². The molecule has 1 unspecified atom stereocenters. The lowest BCUT2D eigenvalue weighted by Crippen LogP contribution is -2.73. The van der Waals surface area contributed by atoms with Crippen molar-refractivity contribution in [2.24, 2.45) is 7.05 Å². The van der Waals surface area contributed by atoms with Crippen molar-refractivity contribution in [2.45, 2.75) is 19.9 Å². The molecule has 4 heterocycles. The Morgan fingerprint density at radius 1 is 1.17 bits per heavy atom. The predicted molar refractivity (Wildman–Crippen MR) is 137 cm³/mol. The Morgan fingerprint density at radius 2 is 1.97 bits per heavy atom. The van der Waals surface area contributed by atoms with Gasteiger partial charge in [0.1, 0.15) is 29.2 Å². The molecular formula is C25H27N10O+. The summed E-state index contributed by atoms with van der Waals surface area (Å²) in [5, 5.41) is 20.8. The highest BCUT2D eigenvalue weighted by molar-refractivity contribution is 6.00. The maximum atomic E-state index is 12.5. The highest BCUT2D eigenvalue weighted by Gasteiger charge is 2.19. The van der Waals surface area contributed by atoms with Crippen LogP contribution in [0.25, 0.3) is 22.3 Å². The minimum atomic E-state index is -0.409. The van der Waals surface area contributed by atoms with Gasteiger partial charge in [0.15, 0.2) is 11.3 Å². The lowest BCUT2D eigenvalue weighted by molar-refractivity contribution is -0.539. The first-order chi connectivity index (χ1) is 17.3. The summed E-state index contributed by atoms with van der Waals surface area (Å²) in [6.45, 7) is 3.44. The summed E-state index contributed by atoms with van der Waals surface area (Å²) in [6.07, 6.45) is 4.85. The van der Waals surface area contributed by atoms with Crippen molar-refractivity contribution in [3.8, 4) is 23.1 Å². The third-order valence-electron chi connectivity index (χ3n) is 5.61. The van der Waals surface area contributed by atoms with Crippen LogP contribution in [-0.4, -0.2) is 61.5 Å². The Labute approximate surface area is 208 Å². The fraction of sp³-hybridized carbons (Fsp3) is 0.240. The summed E-state index contributed by atoms with van der Waals surface area (Å²) in [6, 6.07) is 5.05. The van der Waals surface area contributed by atoms with Gasteiger partial charge in [0, 0.05) is 29.8 Å². The van der Waals surface area contributed by atoms with E-state index in [1.807, 2.05) is 25.5 Å². The molecule has 11 heteroatoms. The number of hydrogen-bond acceptors (Lipinski definition) is 8. The Hall–Kier alpha value is -4.53. The fourth-order valence-corrected chi connectivity index (χ4v) is 3.61. The zero-order valence-corrected chi connectivity index (χ0v) is 20.7. The van der Waals surface area contributed by atoms with Gasteiger partial charge >= 0.3 is 0 Å². The zero-order chi connectivity index (χ0) is 25.8. The van der Waals surface area contributed by atoms with Gasteiger partial charge in [-0.15, -0.1) is 0 Å². The van der Waals surface area contributed by atoms with Crippen LogP contribution in [-0.2, 0) is 11.8 Å². The molecule has 1 amide bonds. The number of fused-ring (bicyclic) bond motifs is 1. The molecule has 0 saturated carbocycles. The van der Waals surface area contributed by atoms with Crippen LogP contribution in [0.2, 0.25) is 0 Å². The van der Waals surface area contributed by atoms with Crippen LogP contribution in [0.4, 0.5) is 11.5 Å². The number of likely N-dealkylation sites (N-methyl/N-ethyl adjacent to an activating group) is 1. The summed E-state index contributed by atoms with van der Waals surface area (Å²) in [7, 11) is 5.42. The van der Waals surface area contributed by atoms with Crippen LogP contribution in [0.5, 0.6) is 0 Å². The number of nitrogens with zero attached hydrogens (tertiary/aromatic N) is 6. The molecular weight excluding hydrogens is 456 g/mol.